The van der Waals surface area contributed by atoms with E-state index in [9.17, 15) is 0 Å². The topological polar surface area (TPSA) is 333 Å². The van der Waals surface area contributed by atoms with Crippen LogP contribution in [-0.2, 0) is 56.6 Å². The molecule has 10 N–H and O–H groups in total. The van der Waals surface area contributed by atoms with Crippen LogP contribution in [0.2, 0.25) is 0 Å². The number of pyridine rings is 1. The number of nitrogens with zero attached hydrogens (tertiary/aromatic N) is 3. The Bertz CT molecular complexity index is 1850. The van der Waals surface area contributed by atoms with Crippen LogP contribution in [0.3, 0.4) is 0 Å². The van der Waals surface area contributed by atoms with E-state index in [1.54, 1.807) is 6.20 Å². The standard InChI is InChI=1S/C13H20N2O2.C9H8N2.C7H15NO3.C7H9N.C6H11NO2.3C2H6.CH4O.CH3O.Na.H2O4S/c1-3-16-13(17-4-2)12(14)15-10-11-8-6-5-7-9-11;10-9-5-7-3-1-2-4-8(7)6-11-9;1-4-10-7(11-5-2)6(8)9-3;8-6-7-4-2-1-3-5-7;1-3-8-6(5-7)9-4-2;5*1-2;;1-5(2,3)4/h5-9,13H,3-4,10H2,1-2H3,(H2,14,15);1-6H,(H2,10,11);7-8H,4-5H2,1-3H3;1-5H,6,8H2;6H,3-4H2,1-2H3;3*1-2H3;2H,1H3;1H3;;(H2,1,2,3,4)/q;;;;;;;;;-1;+1;. The molecule has 0 aliphatic heterocycles. The van der Waals surface area contributed by atoms with Crippen molar-refractivity contribution in [2.75, 3.05) is 66.7 Å². The molecule has 0 fully saturated rings. The number of ether oxygens (including phenoxy) is 7. The summed E-state index contributed by atoms with van der Waals surface area (Å²) in [6.07, 6.45) is -0.0753. The van der Waals surface area contributed by atoms with Gasteiger partial charge >= 0.3 is 40.0 Å². The van der Waals surface area contributed by atoms with E-state index in [0.29, 0.717) is 64.4 Å². The number of hydrogen-bond acceptors (Lipinski definition) is 17. The van der Waals surface area contributed by atoms with Crippen molar-refractivity contribution in [2.45, 2.75) is 115 Å². The monoisotopic (exact) mass is 1050 g/mol. The molecule has 0 atom stereocenters. The maximum Gasteiger partial charge on any atom is 1.00 e. The van der Waals surface area contributed by atoms with Gasteiger partial charge in [0, 0.05) is 64.9 Å². The Balaban J connectivity index is -0.000000112. The summed E-state index contributed by atoms with van der Waals surface area (Å²) in [6, 6.07) is 31.7. The van der Waals surface area contributed by atoms with Gasteiger partial charge in [-0.15, -0.1) is 0 Å². The average molecular weight is 1050 g/mol. The summed E-state index contributed by atoms with van der Waals surface area (Å²) < 4.78 is 66.8. The SMILES string of the molecule is CC.CC.CC.CCOC(C#N)OCC.CCOC(OCC)C(=N)OC.CCOC(OCC)C(N)=NCc1ccccc1.CO.C[O-].NCc1ccccc1.Nc1cc2ccccc2cn1.O=S(=O)(O)O.[Na+]. The summed E-state index contributed by atoms with van der Waals surface area (Å²) in [4.78, 5) is 8.26. The van der Waals surface area contributed by atoms with Gasteiger partial charge in [0.1, 0.15) is 11.9 Å². The Hall–Kier alpha value is -4.19. The van der Waals surface area contributed by atoms with Crippen LogP contribution in [-0.4, -0.2) is 119 Å². The van der Waals surface area contributed by atoms with Gasteiger partial charge < -0.3 is 60.6 Å². The Labute approximate surface area is 455 Å². The maximum absolute atomic E-state index is 8.74. The first-order valence-corrected chi connectivity index (χ1v) is 24.5. The molecule has 0 unspecified atom stereocenters. The Kier molecular flexibility index (Phi) is 78.5. The minimum atomic E-state index is -4.67. The third-order valence-corrected chi connectivity index (χ3v) is 6.71. The zero-order chi connectivity index (χ0) is 56.3. The molecule has 0 aliphatic rings. The van der Waals surface area contributed by atoms with E-state index in [1.165, 1.54) is 12.7 Å². The van der Waals surface area contributed by atoms with Crippen molar-refractivity contribution in [2.24, 2.45) is 16.5 Å². The molecule has 1 heterocycles. The van der Waals surface area contributed by atoms with Crippen molar-refractivity contribution in [3.8, 4) is 6.07 Å². The number of aromatic nitrogens is 1. The van der Waals surface area contributed by atoms with Crippen molar-refractivity contribution in [1.29, 1.82) is 10.7 Å². The van der Waals surface area contributed by atoms with Crippen molar-refractivity contribution < 1.29 is 90.5 Å². The van der Waals surface area contributed by atoms with Gasteiger partial charge in [0.25, 0.3) is 0 Å². The van der Waals surface area contributed by atoms with E-state index < -0.39 is 29.3 Å². The molecule has 4 rings (SSSR count). The summed E-state index contributed by atoms with van der Waals surface area (Å²) in [5, 5.41) is 33.0. The molecule has 0 aliphatic carbocycles. The molecule has 0 radical (unpaired) electrons. The number of benzene rings is 3. The number of rotatable bonds is 17. The molecule has 0 saturated heterocycles. The number of nitrogen functional groups attached to an aromatic ring is 1. The second-order valence-electron chi connectivity index (χ2n) is 11.2. The quantitative estimate of drug-likeness (QED) is 0.0245. The fraction of sp³-hybridized carbons (Fsp3) is 0.520. The summed E-state index contributed by atoms with van der Waals surface area (Å²) in [5.41, 5.74) is 19.0. The minimum Gasteiger partial charge on any atom is -0.857 e. The molecule has 4 aromatic rings. The smallest absolute Gasteiger partial charge is 0.857 e. The van der Waals surface area contributed by atoms with Gasteiger partial charge in [-0.1, -0.05) is 126 Å². The Morgan fingerprint density at radius 3 is 1.38 bits per heavy atom. The second kappa shape index (κ2) is 66.8. The number of fused-ring (bicyclic) bond motifs is 1. The number of nitrogens with one attached hydrogen (secondary N) is 1. The van der Waals surface area contributed by atoms with Gasteiger partial charge in [0.2, 0.25) is 24.8 Å². The van der Waals surface area contributed by atoms with E-state index in [-0.39, 0.29) is 35.5 Å². The zero-order valence-corrected chi connectivity index (χ0v) is 48.8. The molecule has 20 nitrogen and oxygen atoms in total. The first-order chi connectivity index (χ1) is 34.2. The van der Waals surface area contributed by atoms with Gasteiger partial charge in [0.05, 0.1) is 13.7 Å². The van der Waals surface area contributed by atoms with Crippen LogP contribution in [0, 0.1) is 16.7 Å². The number of nitriles is 1. The summed E-state index contributed by atoms with van der Waals surface area (Å²) >= 11 is 0. The third kappa shape index (κ3) is 58.4. The van der Waals surface area contributed by atoms with Crippen molar-refractivity contribution in [3.63, 3.8) is 0 Å². The molecule has 1 aromatic heterocycles. The normalized spacial score (nSPS) is 9.39. The van der Waals surface area contributed by atoms with Gasteiger partial charge in [-0.25, -0.2) is 4.98 Å². The number of amidine groups is 1. The van der Waals surface area contributed by atoms with Crippen molar-refractivity contribution in [1.82, 2.24) is 4.98 Å². The van der Waals surface area contributed by atoms with Crippen LogP contribution < -0.4 is 51.9 Å². The third-order valence-electron chi connectivity index (χ3n) is 6.71. The van der Waals surface area contributed by atoms with Crippen molar-refractivity contribution >= 4 is 38.7 Å². The van der Waals surface area contributed by atoms with E-state index in [2.05, 4.69) is 14.7 Å². The van der Waals surface area contributed by atoms with E-state index >= 15 is 0 Å². The molecule has 22 heteroatoms. The molecule has 72 heavy (non-hydrogen) atoms. The number of nitrogens with two attached hydrogens (primary N) is 3. The van der Waals surface area contributed by atoms with Crippen LogP contribution in [0.4, 0.5) is 5.82 Å². The van der Waals surface area contributed by atoms with Gasteiger partial charge in [-0.3, -0.25) is 19.5 Å². The fourth-order valence-corrected chi connectivity index (χ4v) is 4.10. The average Bonchev–Trinajstić information content (AvgIpc) is 3.41. The van der Waals surface area contributed by atoms with Crippen LogP contribution in [0.5, 0.6) is 0 Å². The number of aliphatic imine (C=N–C) groups is 1. The van der Waals surface area contributed by atoms with Gasteiger partial charge in [-0.05, 0) is 64.1 Å². The van der Waals surface area contributed by atoms with Crippen LogP contribution in [0.1, 0.15) is 94.2 Å². The summed E-state index contributed by atoms with van der Waals surface area (Å²) in [5.74, 6) is 0.968. The summed E-state index contributed by atoms with van der Waals surface area (Å²) in [7, 11) is -1.49. The molecule has 0 saturated carbocycles. The minimum absolute atomic E-state index is 0. The molecular formula is C50H90N7NaO13S. The van der Waals surface area contributed by atoms with Gasteiger partial charge in [0.15, 0.2) is 5.84 Å². The number of aliphatic hydroxyl groups excluding tert-OH is 1. The first kappa shape index (κ1) is 84.6. The van der Waals surface area contributed by atoms with Crippen LogP contribution in [0.15, 0.2) is 102 Å². The van der Waals surface area contributed by atoms with Gasteiger partial charge in [-0.2, -0.15) is 20.8 Å². The van der Waals surface area contributed by atoms with E-state index in [1.807, 2.05) is 180 Å². The second-order valence-corrected chi connectivity index (χ2v) is 12.1. The molecule has 0 spiro atoms. The van der Waals surface area contributed by atoms with E-state index in [4.69, 9.17) is 84.0 Å². The summed E-state index contributed by atoms with van der Waals surface area (Å²) in [6.45, 7) is 27.5. The molecule has 0 amide bonds. The zero-order valence-electron chi connectivity index (χ0n) is 46.0. The maximum atomic E-state index is 8.74. The molecule has 3 aromatic carbocycles. The van der Waals surface area contributed by atoms with E-state index in [0.717, 1.165) is 30.6 Å². The predicted molar refractivity (Wildman–Crippen MR) is 286 cm³/mol. The Morgan fingerprint density at radius 1 is 0.694 bits per heavy atom. The van der Waals surface area contributed by atoms with Crippen LogP contribution in [0.25, 0.3) is 10.8 Å². The number of hydrogen-bond donors (Lipinski definition) is 7. The number of aliphatic hydroxyl groups is 1. The molecule has 0 bridgehead atoms. The molecular weight excluding hydrogens is 962 g/mol. The molecule has 410 valence electrons. The number of anilines is 1. The predicted octanol–water partition coefficient (Wildman–Crippen LogP) is 4.84. The van der Waals surface area contributed by atoms with Crippen molar-refractivity contribution in [3.05, 3.63) is 108 Å². The number of methoxy groups -OCH3 is 1. The first-order valence-electron chi connectivity index (χ1n) is 23.1. The Morgan fingerprint density at radius 2 is 1.04 bits per heavy atom. The fourth-order valence-electron chi connectivity index (χ4n) is 4.10. The largest absolute Gasteiger partial charge is 1.00 e. The van der Waals surface area contributed by atoms with Crippen LogP contribution >= 0.6 is 0 Å².